The average Bonchev–Trinajstić information content (AvgIpc) is 2.47. The van der Waals surface area contributed by atoms with Gasteiger partial charge in [0.1, 0.15) is 5.78 Å². The van der Waals surface area contributed by atoms with Crippen molar-refractivity contribution in [3.8, 4) is 0 Å². The third-order valence-electron chi connectivity index (χ3n) is 5.07. The maximum absolute atomic E-state index is 11.9. The van der Waals surface area contributed by atoms with E-state index in [1.165, 1.54) is 0 Å². The summed E-state index contributed by atoms with van der Waals surface area (Å²) in [5, 5.41) is 3.00. The van der Waals surface area contributed by atoms with Gasteiger partial charge in [0.05, 0.1) is 18.3 Å². The Kier molecular flexibility index (Phi) is 7.69. The van der Waals surface area contributed by atoms with Gasteiger partial charge in [-0.05, 0) is 65.7 Å². The van der Waals surface area contributed by atoms with E-state index in [1.54, 1.807) is 6.92 Å². The summed E-state index contributed by atoms with van der Waals surface area (Å²) in [6.45, 7) is 6.44. The molecule has 0 spiro atoms. The van der Waals surface area contributed by atoms with E-state index in [-0.39, 0.29) is 23.7 Å². The molecule has 0 saturated heterocycles. The highest BCUT2D eigenvalue weighted by Crippen LogP contribution is 2.28. The minimum Gasteiger partial charge on any atom is -0.378 e. The van der Waals surface area contributed by atoms with Gasteiger partial charge in [0.2, 0.25) is 5.91 Å². The van der Waals surface area contributed by atoms with Crippen molar-refractivity contribution in [1.29, 1.82) is 0 Å². The number of carbonyl (C=O) groups excluding carboxylic acids is 2. The second kappa shape index (κ2) is 9.52. The van der Waals surface area contributed by atoms with Crippen LogP contribution < -0.4 is 5.32 Å². The second-order valence-electron chi connectivity index (χ2n) is 7.60. The van der Waals surface area contributed by atoms with Crippen molar-refractivity contribution in [1.82, 2.24) is 5.32 Å². The van der Waals surface area contributed by atoms with E-state index in [1.807, 2.05) is 0 Å². The summed E-state index contributed by atoms with van der Waals surface area (Å²) in [7, 11) is 0. The number of carbonyl (C=O) groups is 2. The van der Waals surface area contributed by atoms with Crippen LogP contribution in [0.15, 0.2) is 0 Å². The van der Waals surface area contributed by atoms with Crippen LogP contribution >= 0.6 is 0 Å². The Morgan fingerprint density at radius 2 is 1.71 bits per heavy atom. The normalized spacial score (nSPS) is 30.0. The zero-order valence-electron chi connectivity index (χ0n) is 15.4. The predicted octanol–water partition coefficient (Wildman–Crippen LogP) is 3.00. The van der Waals surface area contributed by atoms with Gasteiger partial charge in [-0.1, -0.05) is 0 Å². The molecule has 2 aliphatic carbocycles. The van der Waals surface area contributed by atoms with Crippen LogP contribution in [-0.2, 0) is 19.1 Å². The van der Waals surface area contributed by atoms with E-state index in [0.717, 1.165) is 44.9 Å². The molecule has 0 bridgehead atoms. The molecule has 0 radical (unpaired) electrons. The summed E-state index contributed by atoms with van der Waals surface area (Å²) in [4.78, 5) is 23.0. The molecule has 0 atom stereocenters. The van der Waals surface area contributed by atoms with E-state index in [4.69, 9.17) is 9.47 Å². The Balaban J connectivity index is 1.47. The Labute approximate surface area is 145 Å². The van der Waals surface area contributed by atoms with Crippen molar-refractivity contribution >= 4 is 11.7 Å². The number of amides is 1. The monoisotopic (exact) mass is 339 g/mol. The molecule has 0 unspecified atom stereocenters. The number of hydrogen-bond acceptors (Lipinski definition) is 4. The zero-order valence-corrected chi connectivity index (χ0v) is 15.4. The van der Waals surface area contributed by atoms with Crippen molar-refractivity contribution in [2.24, 2.45) is 5.92 Å². The molecule has 2 saturated carbocycles. The third-order valence-corrected chi connectivity index (χ3v) is 5.07. The van der Waals surface area contributed by atoms with Crippen LogP contribution in [0.25, 0.3) is 0 Å². The first kappa shape index (κ1) is 19.4. The average molecular weight is 339 g/mol. The van der Waals surface area contributed by atoms with Crippen LogP contribution in [0, 0.1) is 5.92 Å². The van der Waals surface area contributed by atoms with Gasteiger partial charge in [-0.2, -0.15) is 0 Å². The Morgan fingerprint density at radius 1 is 1.08 bits per heavy atom. The molecule has 2 rings (SSSR count). The fourth-order valence-corrected chi connectivity index (χ4v) is 3.57. The Bertz CT molecular complexity index is 410. The SMILES string of the molecule is CC(=O)[C@H]1C[C@@H](NC(=O)CCCO[C@H]2CC[C@@H](OC(C)C)CC2)C1. The highest BCUT2D eigenvalue weighted by molar-refractivity contribution is 5.80. The van der Waals surface area contributed by atoms with Gasteiger partial charge in [-0.25, -0.2) is 0 Å². The molecule has 1 amide bonds. The van der Waals surface area contributed by atoms with Gasteiger partial charge in [-0.3, -0.25) is 9.59 Å². The number of hydrogen-bond donors (Lipinski definition) is 1. The van der Waals surface area contributed by atoms with Gasteiger partial charge >= 0.3 is 0 Å². The molecule has 0 aromatic heterocycles. The van der Waals surface area contributed by atoms with Gasteiger partial charge in [0, 0.05) is 25.0 Å². The lowest BCUT2D eigenvalue weighted by atomic mass is 9.78. The molecular formula is C19H33NO4. The van der Waals surface area contributed by atoms with Crippen molar-refractivity contribution in [3.05, 3.63) is 0 Å². The lowest BCUT2D eigenvalue weighted by Crippen LogP contribution is -2.46. The molecule has 5 heteroatoms. The van der Waals surface area contributed by atoms with Crippen LogP contribution in [0.4, 0.5) is 0 Å². The summed E-state index contributed by atoms with van der Waals surface area (Å²) in [5.41, 5.74) is 0. The van der Waals surface area contributed by atoms with Crippen molar-refractivity contribution in [2.75, 3.05) is 6.61 Å². The maximum atomic E-state index is 11.9. The van der Waals surface area contributed by atoms with Crippen LogP contribution in [0.2, 0.25) is 0 Å². The van der Waals surface area contributed by atoms with E-state index < -0.39 is 0 Å². The van der Waals surface area contributed by atoms with E-state index in [2.05, 4.69) is 19.2 Å². The van der Waals surface area contributed by atoms with Crippen molar-refractivity contribution < 1.29 is 19.1 Å². The predicted molar refractivity (Wildman–Crippen MR) is 92.8 cm³/mol. The largest absolute Gasteiger partial charge is 0.378 e. The standard InChI is InChI=1S/C19H33NO4/c1-13(2)24-18-8-6-17(7-9-18)23-10-4-5-19(22)20-16-11-15(12-16)14(3)21/h13,15-18H,4-12H2,1-3H3,(H,20,22)/t15-,16+,17-,18+. The maximum Gasteiger partial charge on any atom is 0.220 e. The van der Waals surface area contributed by atoms with Gasteiger partial charge in [-0.15, -0.1) is 0 Å². The quantitative estimate of drug-likeness (QED) is 0.656. The lowest BCUT2D eigenvalue weighted by molar-refractivity contribution is -0.128. The summed E-state index contributed by atoms with van der Waals surface area (Å²) in [6, 6.07) is 0.198. The molecule has 0 aliphatic heterocycles. The first-order valence-corrected chi connectivity index (χ1v) is 9.51. The van der Waals surface area contributed by atoms with Crippen LogP contribution in [0.1, 0.15) is 72.1 Å². The molecular weight excluding hydrogens is 306 g/mol. The minimum atomic E-state index is 0.0830. The number of Topliss-reactive ketones (excluding diaryl/α,β-unsaturated/α-hetero) is 1. The summed E-state index contributed by atoms with van der Waals surface area (Å²) < 4.78 is 11.7. The van der Waals surface area contributed by atoms with Crippen LogP contribution in [0.3, 0.4) is 0 Å². The number of ketones is 1. The first-order chi connectivity index (χ1) is 11.4. The van der Waals surface area contributed by atoms with Crippen molar-refractivity contribution in [2.45, 2.75) is 96.5 Å². The lowest BCUT2D eigenvalue weighted by Gasteiger charge is -2.34. The van der Waals surface area contributed by atoms with E-state index in [0.29, 0.717) is 31.3 Å². The number of rotatable bonds is 9. The molecule has 1 N–H and O–H groups in total. The third kappa shape index (κ3) is 6.52. The highest BCUT2D eigenvalue weighted by Gasteiger charge is 2.32. The van der Waals surface area contributed by atoms with Crippen molar-refractivity contribution in [3.63, 3.8) is 0 Å². The van der Waals surface area contributed by atoms with Gasteiger partial charge in [0.15, 0.2) is 0 Å². The molecule has 0 aromatic carbocycles. The molecule has 138 valence electrons. The van der Waals surface area contributed by atoms with Gasteiger partial charge < -0.3 is 14.8 Å². The smallest absolute Gasteiger partial charge is 0.220 e. The fraction of sp³-hybridized carbons (Fsp3) is 0.895. The first-order valence-electron chi connectivity index (χ1n) is 9.51. The molecule has 0 heterocycles. The van der Waals surface area contributed by atoms with Gasteiger partial charge in [0.25, 0.3) is 0 Å². The van der Waals surface area contributed by atoms with Crippen LogP contribution in [0.5, 0.6) is 0 Å². The van der Waals surface area contributed by atoms with E-state index >= 15 is 0 Å². The molecule has 2 aliphatic rings. The molecule has 2 fully saturated rings. The Morgan fingerprint density at radius 3 is 2.29 bits per heavy atom. The molecule has 0 aromatic rings. The van der Waals surface area contributed by atoms with E-state index in [9.17, 15) is 9.59 Å². The highest BCUT2D eigenvalue weighted by atomic mass is 16.5. The minimum absolute atomic E-state index is 0.0830. The van der Waals surface area contributed by atoms with Crippen LogP contribution in [-0.4, -0.2) is 42.7 Å². The Hall–Kier alpha value is -0.940. The molecule has 5 nitrogen and oxygen atoms in total. The summed E-state index contributed by atoms with van der Waals surface area (Å²) >= 11 is 0. The summed E-state index contributed by atoms with van der Waals surface area (Å²) in [5.74, 6) is 0.482. The molecule has 24 heavy (non-hydrogen) atoms. The second-order valence-corrected chi connectivity index (χ2v) is 7.60. The summed E-state index contributed by atoms with van der Waals surface area (Å²) in [6.07, 6.45) is 8.14. The zero-order chi connectivity index (χ0) is 17.5. The number of ether oxygens (including phenoxy) is 2. The topological polar surface area (TPSA) is 64.6 Å². The number of nitrogens with one attached hydrogen (secondary N) is 1. The fourth-order valence-electron chi connectivity index (χ4n) is 3.57.